The minimum atomic E-state index is -1.07. The van der Waals surface area contributed by atoms with Crippen LogP contribution in [0.1, 0.15) is 5.56 Å². The topological polar surface area (TPSA) is 76.0 Å². The van der Waals surface area contributed by atoms with Gasteiger partial charge in [0.1, 0.15) is 0 Å². The van der Waals surface area contributed by atoms with Gasteiger partial charge in [0, 0.05) is 29.6 Å². The largest absolute Gasteiger partial charge is 0.343 e. The van der Waals surface area contributed by atoms with Crippen molar-refractivity contribution >= 4 is 23.6 Å². The number of hydrogen-bond donors (Lipinski definition) is 2. The molecule has 0 unspecified atom stereocenters. The lowest BCUT2D eigenvalue weighted by atomic mass is 10.3. The van der Waals surface area contributed by atoms with E-state index in [1.165, 1.54) is 12.1 Å². The van der Waals surface area contributed by atoms with Crippen LogP contribution >= 0.6 is 0 Å². The van der Waals surface area contributed by atoms with Gasteiger partial charge in [-0.2, -0.15) is 5.10 Å². The van der Waals surface area contributed by atoms with Gasteiger partial charge in [-0.25, -0.2) is 13.5 Å². The summed E-state index contributed by atoms with van der Waals surface area (Å²) in [6.45, 7) is -0.314. The molecule has 2 N–H and O–H groups in total. The van der Waals surface area contributed by atoms with Crippen molar-refractivity contribution < 1.29 is 18.4 Å². The second-order valence-corrected chi connectivity index (χ2v) is 5.78. The average molecular weight is 382 g/mol. The lowest BCUT2D eigenvalue weighted by Gasteiger charge is -2.06. The Labute approximate surface area is 159 Å². The number of amides is 2. The lowest BCUT2D eigenvalue weighted by molar-refractivity contribution is -0.121. The number of carbonyl (C=O) groups is 2. The number of para-hydroxylation sites is 1. The van der Waals surface area contributed by atoms with E-state index in [1.807, 2.05) is 30.3 Å². The number of nitrogens with zero attached hydrogens (tertiary/aromatic N) is 2. The monoisotopic (exact) mass is 382 g/mol. The summed E-state index contributed by atoms with van der Waals surface area (Å²) in [7, 11) is 0. The molecule has 28 heavy (non-hydrogen) atoms. The predicted octanol–water partition coefficient (Wildman–Crippen LogP) is 2.92. The zero-order valence-electron chi connectivity index (χ0n) is 14.6. The van der Waals surface area contributed by atoms with E-state index in [4.69, 9.17) is 0 Å². The van der Waals surface area contributed by atoms with Gasteiger partial charge in [0.15, 0.2) is 11.6 Å². The Bertz CT molecular complexity index is 1020. The Morgan fingerprint density at radius 3 is 2.61 bits per heavy atom. The zero-order chi connectivity index (χ0) is 19.9. The maximum Gasteiger partial charge on any atom is 0.244 e. The Kier molecular flexibility index (Phi) is 5.91. The molecule has 3 rings (SSSR count). The standard InChI is InChI=1S/C20H16F2N4O2/c21-17-8-7-15(10-18(17)22)25-20(28)12-23-19(27)9-6-14-11-24-26(13-14)16-4-2-1-3-5-16/h1-11,13H,12H2,(H,23,27)(H,25,28)/b9-6+. The molecule has 3 aromatic rings. The van der Waals surface area contributed by atoms with Crippen molar-refractivity contribution in [2.75, 3.05) is 11.9 Å². The van der Waals surface area contributed by atoms with E-state index < -0.39 is 23.4 Å². The van der Waals surface area contributed by atoms with E-state index in [0.29, 0.717) is 5.56 Å². The number of anilines is 1. The van der Waals surface area contributed by atoms with Gasteiger partial charge in [0.2, 0.25) is 11.8 Å². The Morgan fingerprint density at radius 1 is 1.07 bits per heavy atom. The van der Waals surface area contributed by atoms with Crippen LogP contribution in [0.4, 0.5) is 14.5 Å². The maximum atomic E-state index is 13.1. The molecule has 2 amide bonds. The summed E-state index contributed by atoms with van der Waals surface area (Å²) in [6, 6.07) is 12.5. The average Bonchev–Trinajstić information content (AvgIpc) is 3.17. The summed E-state index contributed by atoms with van der Waals surface area (Å²) in [4.78, 5) is 23.6. The molecule has 0 spiro atoms. The van der Waals surface area contributed by atoms with E-state index in [2.05, 4.69) is 15.7 Å². The molecule has 0 radical (unpaired) electrons. The molecular formula is C20H16F2N4O2. The fourth-order valence-corrected chi connectivity index (χ4v) is 2.32. The van der Waals surface area contributed by atoms with Crippen molar-refractivity contribution in [1.29, 1.82) is 0 Å². The number of rotatable bonds is 6. The summed E-state index contributed by atoms with van der Waals surface area (Å²) >= 11 is 0. The normalized spacial score (nSPS) is 10.8. The first-order chi connectivity index (χ1) is 13.5. The summed E-state index contributed by atoms with van der Waals surface area (Å²) in [5.74, 6) is -3.12. The van der Waals surface area contributed by atoms with E-state index in [0.717, 1.165) is 17.8 Å². The van der Waals surface area contributed by atoms with Gasteiger partial charge in [0.25, 0.3) is 0 Å². The number of benzene rings is 2. The molecule has 0 atom stereocenters. The third kappa shape index (κ3) is 5.10. The number of aromatic nitrogens is 2. The summed E-state index contributed by atoms with van der Waals surface area (Å²) in [5.41, 5.74) is 1.70. The molecule has 0 bridgehead atoms. The highest BCUT2D eigenvalue weighted by atomic mass is 19.2. The third-order valence-corrected chi connectivity index (χ3v) is 3.68. The number of carbonyl (C=O) groups excluding carboxylic acids is 2. The van der Waals surface area contributed by atoms with Crippen LogP contribution in [0, 0.1) is 11.6 Å². The molecule has 2 aromatic carbocycles. The van der Waals surface area contributed by atoms with E-state index in [9.17, 15) is 18.4 Å². The molecular weight excluding hydrogens is 366 g/mol. The van der Waals surface area contributed by atoms with Gasteiger partial charge in [-0.3, -0.25) is 9.59 Å². The second-order valence-electron chi connectivity index (χ2n) is 5.78. The smallest absolute Gasteiger partial charge is 0.244 e. The summed E-state index contributed by atoms with van der Waals surface area (Å²) in [6.07, 6.45) is 6.20. The van der Waals surface area contributed by atoms with Crippen molar-refractivity contribution in [2.24, 2.45) is 0 Å². The molecule has 0 aliphatic carbocycles. The third-order valence-electron chi connectivity index (χ3n) is 3.68. The fourth-order valence-electron chi connectivity index (χ4n) is 2.32. The summed E-state index contributed by atoms with van der Waals surface area (Å²) in [5, 5.41) is 8.98. The van der Waals surface area contributed by atoms with Crippen molar-refractivity contribution in [3.63, 3.8) is 0 Å². The number of hydrogen-bond acceptors (Lipinski definition) is 3. The summed E-state index contributed by atoms with van der Waals surface area (Å²) < 4.78 is 27.6. The van der Waals surface area contributed by atoms with Gasteiger partial charge in [-0.05, 0) is 30.3 Å². The van der Waals surface area contributed by atoms with Crippen LogP contribution in [0.3, 0.4) is 0 Å². The SMILES string of the molecule is O=C(/C=C/c1cnn(-c2ccccc2)c1)NCC(=O)Nc1ccc(F)c(F)c1. The van der Waals surface area contributed by atoms with E-state index >= 15 is 0 Å². The maximum absolute atomic E-state index is 13.1. The Hall–Kier alpha value is -3.81. The first-order valence-electron chi connectivity index (χ1n) is 8.32. The van der Waals surface area contributed by atoms with E-state index in [1.54, 1.807) is 23.2 Å². The van der Waals surface area contributed by atoms with Crippen LogP contribution in [0.15, 0.2) is 67.0 Å². The minimum Gasteiger partial charge on any atom is -0.343 e. The van der Waals surface area contributed by atoms with Crippen molar-refractivity contribution in [3.8, 4) is 5.69 Å². The quantitative estimate of drug-likeness (QED) is 0.644. The van der Waals surface area contributed by atoms with Crippen LogP contribution in [0.5, 0.6) is 0 Å². The van der Waals surface area contributed by atoms with Gasteiger partial charge >= 0.3 is 0 Å². The Balaban J connectivity index is 1.49. The molecule has 0 aliphatic rings. The van der Waals surface area contributed by atoms with Crippen LogP contribution in [-0.2, 0) is 9.59 Å². The molecule has 6 nitrogen and oxygen atoms in total. The van der Waals surface area contributed by atoms with Crippen LogP contribution < -0.4 is 10.6 Å². The van der Waals surface area contributed by atoms with Gasteiger partial charge in [-0.1, -0.05) is 18.2 Å². The molecule has 0 saturated heterocycles. The molecule has 0 aliphatic heterocycles. The van der Waals surface area contributed by atoms with Crippen LogP contribution in [0.25, 0.3) is 11.8 Å². The molecule has 0 saturated carbocycles. The Morgan fingerprint density at radius 2 is 1.86 bits per heavy atom. The van der Waals surface area contributed by atoms with Gasteiger partial charge in [-0.15, -0.1) is 0 Å². The first-order valence-corrected chi connectivity index (χ1v) is 8.32. The molecule has 8 heteroatoms. The van der Waals surface area contributed by atoms with Crippen molar-refractivity contribution in [3.05, 3.63) is 84.2 Å². The second kappa shape index (κ2) is 8.72. The fraction of sp³-hybridized carbons (Fsp3) is 0.0500. The van der Waals surface area contributed by atoms with Crippen LogP contribution in [0.2, 0.25) is 0 Å². The van der Waals surface area contributed by atoms with Crippen molar-refractivity contribution in [1.82, 2.24) is 15.1 Å². The molecule has 0 fully saturated rings. The minimum absolute atomic E-state index is 0.0991. The molecule has 1 aromatic heterocycles. The highest BCUT2D eigenvalue weighted by Crippen LogP contribution is 2.12. The predicted molar refractivity (Wildman–Crippen MR) is 101 cm³/mol. The van der Waals surface area contributed by atoms with Gasteiger partial charge < -0.3 is 10.6 Å². The van der Waals surface area contributed by atoms with Gasteiger partial charge in [0.05, 0.1) is 18.4 Å². The number of halogens is 2. The van der Waals surface area contributed by atoms with Crippen molar-refractivity contribution in [2.45, 2.75) is 0 Å². The molecule has 142 valence electrons. The number of nitrogens with one attached hydrogen (secondary N) is 2. The first kappa shape index (κ1) is 19.0. The van der Waals surface area contributed by atoms with Crippen LogP contribution in [-0.4, -0.2) is 28.1 Å². The highest BCUT2D eigenvalue weighted by molar-refractivity contribution is 5.97. The lowest BCUT2D eigenvalue weighted by Crippen LogP contribution is -2.31. The molecule has 1 heterocycles. The zero-order valence-corrected chi connectivity index (χ0v) is 14.6. The highest BCUT2D eigenvalue weighted by Gasteiger charge is 2.07. The van der Waals surface area contributed by atoms with E-state index in [-0.39, 0.29) is 12.2 Å².